The third-order valence-electron chi connectivity index (χ3n) is 5.01. The Kier molecular flexibility index (Phi) is 7.33. The number of hydrogen-bond acceptors (Lipinski definition) is 5. The molecule has 2 N–H and O–H groups in total. The Morgan fingerprint density at radius 1 is 1.29 bits per heavy atom. The van der Waals surface area contributed by atoms with E-state index in [2.05, 4.69) is 20.6 Å². The van der Waals surface area contributed by atoms with Gasteiger partial charge in [0.05, 0.1) is 13.2 Å². The molecule has 1 amide bonds. The maximum atomic E-state index is 11.8. The van der Waals surface area contributed by atoms with E-state index in [4.69, 9.17) is 9.47 Å². The van der Waals surface area contributed by atoms with Crippen molar-refractivity contribution in [1.82, 2.24) is 20.5 Å². The van der Waals surface area contributed by atoms with Crippen molar-refractivity contribution < 1.29 is 14.3 Å². The second kappa shape index (κ2) is 10.1. The van der Waals surface area contributed by atoms with Crippen LogP contribution in [0.15, 0.2) is 23.3 Å². The molecule has 0 radical (unpaired) electrons. The van der Waals surface area contributed by atoms with Crippen LogP contribution in [0.5, 0.6) is 5.88 Å². The van der Waals surface area contributed by atoms with Crippen LogP contribution in [0.2, 0.25) is 0 Å². The van der Waals surface area contributed by atoms with Crippen molar-refractivity contribution in [2.24, 2.45) is 10.9 Å². The molecule has 154 valence electrons. The van der Waals surface area contributed by atoms with Crippen LogP contribution < -0.4 is 15.4 Å². The molecule has 0 unspecified atom stereocenters. The van der Waals surface area contributed by atoms with Gasteiger partial charge in [-0.1, -0.05) is 6.07 Å². The zero-order valence-electron chi connectivity index (χ0n) is 16.8. The van der Waals surface area contributed by atoms with Crippen LogP contribution in [-0.4, -0.2) is 61.3 Å². The zero-order valence-corrected chi connectivity index (χ0v) is 16.8. The Bertz CT molecular complexity index is 652. The van der Waals surface area contributed by atoms with Gasteiger partial charge in [0.2, 0.25) is 5.88 Å². The van der Waals surface area contributed by atoms with Gasteiger partial charge in [0.25, 0.3) is 0 Å². The maximum Gasteiger partial charge on any atom is 0.409 e. The number of carbonyl (C=O) groups is 1. The average molecular weight is 390 g/mol. The molecule has 1 saturated carbocycles. The molecule has 1 aliphatic carbocycles. The minimum atomic E-state index is -0.222. The lowest BCUT2D eigenvalue weighted by Gasteiger charge is -2.32. The fourth-order valence-corrected chi connectivity index (χ4v) is 3.08. The molecule has 0 aromatic carbocycles. The number of nitrogens with zero attached hydrogens (tertiary/aromatic N) is 3. The van der Waals surface area contributed by atoms with Crippen molar-refractivity contribution in [1.29, 1.82) is 0 Å². The first kappa shape index (κ1) is 20.2. The number of nitrogens with one attached hydrogen (secondary N) is 2. The molecule has 0 spiro atoms. The Labute approximate surface area is 166 Å². The quantitative estimate of drug-likeness (QED) is 0.549. The Morgan fingerprint density at radius 2 is 2.07 bits per heavy atom. The fraction of sp³-hybridized carbons (Fsp3) is 0.650. The van der Waals surface area contributed by atoms with E-state index in [9.17, 15) is 4.79 Å². The van der Waals surface area contributed by atoms with E-state index >= 15 is 0 Å². The third-order valence-corrected chi connectivity index (χ3v) is 5.01. The predicted octanol–water partition coefficient (Wildman–Crippen LogP) is 2.16. The number of amides is 1. The number of likely N-dealkylation sites (tertiary alicyclic amines) is 1. The summed E-state index contributed by atoms with van der Waals surface area (Å²) in [6.07, 6.45) is 5.90. The third kappa shape index (κ3) is 6.28. The summed E-state index contributed by atoms with van der Waals surface area (Å²) in [5, 5.41) is 6.75. The van der Waals surface area contributed by atoms with E-state index in [1.165, 1.54) is 12.8 Å². The minimum absolute atomic E-state index is 0.222. The number of piperidine rings is 1. The number of guanidine groups is 1. The van der Waals surface area contributed by atoms with E-state index in [0.29, 0.717) is 32.1 Å². The molecular formula is C20H31N5O3. The summed E-state index contributed by atoms with van der Waals surface area (Å²) in [6, 6.07) is 4.22. The molecule has 2 fully saturated rings. The van der Waals surface area contributed by atoms with E-state index in [0.717, 1.165) is 36.9 Å². The Balaban J connectivity index is 1.38. The predicted molar refractivity (Wildman–Crippen MR) is 107 cm³/mol. The molecule has 3 rings (SSSR count). The van der Waals surface area contributed by atoms with Gasteiger partial charge in [0.1, 0.15) is 0 Å². The van der Waals surface area contributed by atoms with Gasteiger partial charge in [-0.15, -0.1) is 0 Å². The number of rotatable bonds is 7. The lowest BCUT2D eigenvalue weighted by molar-refractivity contribution is 0.0963. The zero-order chi connectivity index (χ0) is 19.8. The smallest absolute Gasteiger partial charge is 0.409 e. The van der Waals surface area contributed by atoms with Crippen LogP contribution >= 0.6 is 0 Å². The number of aromatic nitrogens is 1. The van der Waals surface area contributed by atoms with Crippen LogP contribution in [-0.2, 0) is 11.3 Å². The summed E-state index contributed by atoms with van der Waals surface area (Å²) in [4.78, 5) is 22.2. The van der Waals surface area contributed by atoms with Crippen LogP contribution in [0.25, 0.3) is 0 Å². The number of aliphatic imine (C=N–C) groups is 1. The van der Waals surface area contributed by atoms with Gasteiger partial charge in [0, 0.05) is 45.0 Å². The van der Waals surface area contributed by atoms with Crippen molar-refractivity contribution in [2.75, 3.05) is 33.4 Å². The SMILES string of the molecule is CCOC(=O)N1CCC(NC(=NC)NCc2ccc(OCC3CC3)nc2)CC1. The standard InChI is InChI=1S/C20H31N5O3/c1-3-27-20(26)25-10-8-17(9-11-25)24-19(21-2)23-13-16-6-7-18(22-12-16)28-14-15-4-5-15/h6-7,12,15,17H,3-5,8-11,13-14H2,1-2H3,(H2,21,23,24). The van der Waals surface area contributed by atoms with Crippen molar-refractivity contribution in [2.45, 2.75) is 45.2 Å². The van der Waals surface area contributed by atoms with Crippen LogP contribution in [0.3, 0.4) is 0 Å². The molecular weight excluding hydrogens is 358 g/mol. The molecule has 2 aliphatic rings. The first-order valence-electron chi connectivity index (χ1n) is 10.1. The number of pyridine rings is 1. The highest BCUT2D eigenvalue weighted by molar-refractivity contribution is 5.80. The molecule has 1 aromatic heterocycles. The van der Waals surface area contributed by atoms with E-state index < -0.39 is 0 Å². The molecule has 1 saturated heterocycles. The topological polar surface area (TPSA) is 88.1 Å². The lowest BCUT2D eigenvalue weighted by Crippen LogP contribution is -2.49. The highest BCUT2D eigenvalue weighted by Crippen LogP contribution is 2.29. The second-order valence-electron chi connectivity index (χ2n) is 7.29. The molecule has 28 heavy (non-hydrogen) atoms. The van der Waals surface area contributed by atoms with Gasteiger partial charge in [0.15, 0.2) is 5.96 Å². The Hall–Kier alpha value is -2.51. The molecule has 1 aliphatic heterocycles. The second-order valence-corrected chi connectivity index (χ2v) is 7.29. The summed E-state index contributed by atoms with van der Waals surface area (Å²) < 4.78 is 10.7. The summed E-state index contributed by atoms with van der Waals surface area (Å²) >= 11 is 0. The molecule has 8 nitrogen and oxygen atoms in total. The van der Waals surface area contributed by atoms with E-state index in [1.807, 2.05) is 25.3 Å². The van der Waals surface area contributed by atoms with Crippen molar-refractivity contribution in [3.63, 3.8) is 0 Å². The molecule has 0 bridgehead atoms. The molecule has 2 heterocycles. The molecule has 1 aromatic rings. The first-order valence-corrected chi connectivity index (χ1v) is 10.1. The van der Waals surface area contributed by atoms with E-state index in [-0.39, 0.29) is 12.1 Å². The fourth-order valence-electron chi connectivity index (χ4n) is 3.08. The van der Waals surface area contributed by atoms with Gasteiger partial charge < -0.3 is 25.0 Å². The van der Waals surface area contributed by atoms with Crippen LogP contribution in [0.4, 0.5) is 4.79 Å². The van der Waals surface area contributed by atoms with Gasteiger partial charge in [-0.25, -0.2) is 9.78 Å². The van der Waals surface area contributed by atoms with Crippen LogP contribution in [0, 0.1) is 5.92 Å². The van der Waals surface area contributed by atoms with Crippen molar-refractivity contribution >= 4 is 12.1 Å². The minimum Gasteiger partial charge on any atom is -0.477 e. The summed E-state index contributed by atoms with van der Waals surface area (Å²) in [5.74, 6) is 2.16. The van der Waals surface area contributed by atoms with Gasteiger partial charge in [-0.3, -0.25) is 4.99 Å². The van der Waals surface area contributed by atoms with Crippen molar-refractivity contribution in [3.8, 4) is 5.88 Å². The molecule has 0 atom stereocenters. The number of hydrogen-bond donors (Lipinski definition) is 2. The lowest BCUT2D eigenvalue weighted by atomic mass is 10.1. The normalized spacial score (nSPS) is 17.9. The van der Waals surface area contributed by atoms with Crippen molar-refractivity contribution in [3.05, 3.63) is 23.9 Å². The van der Waals surface area contributed by atoms with Gasteiger partial charge in [-0.2, -0.15) is 0 Å². The number of ether oxygens (including phenoxy) is 2. The summed E-state index contributed by atoms with van der Waals surface area (Å²) in [7, 11) is 1.76. The summed E-state index contributed by atoms with van der Waals surface area (Å²) in [5.41, 5.74) is 1.07. The first-order chi connectivity index (χ1) is 13.7. The number of carbonyl (C=O) groups excluding carboxylic acids is 1. The molecule has 8 heteroatoms. The van der Waals surface area contributed by atoms with Gasteiger partial charge >= 0.3 is 6.09 Å². The maximum absolute atomic E-state index is 11.8. The van der Waals surface area contributed by atoms with Gasteiger partial charge in [-0.05, 0) is 44.1 Å². The summed E-state index contributed by atoms with van der Waals surface area (Å²) in [6.45, 7) is 5.04. The highest BCUT2D eigenvalue weighted by atomic mass is 16.6. The van der Waals surface area contributed by atoms with E-state index in [1.54, 1.807) is 11.9 Å². The highest BCUT2D eigenvalue weighted by Gasteiger charge is 2.24. The van der Waals surface area contributed by atoms with Crippen LogP contribution in [0.1, 0.15) is 38.2 Å². The monoisotopic (exact) mass is 389 g/mol. The Morgan fingerprint density at radius 3 is 2.68 bits per heavy atom. The largest absolute Gasteiger partial charge is 0.477 e. The average Bonchev–Trinajstić information content (AvgIpc) is 3.55.